The summed E-state index contributed by atoms with van der Waals surface area (Å²) < 4.78 is 5.26. The van der Waals surface area contributed by atoms with Gasteiger partial charge < -0.3 is 10.1 Å². The molecule has 1 unspecified atom stereocenters. The van der Waals surface area contributed by atoms with Gasteiger partial charge in [0.15, 0.2) is 0 Å². The molecule has 2 aromatic rings. The monoisotopic (exact) mass is 270 g/mol. The standard InChI is InChI=1S/C17H22N2O/c1-13(15-7-5-4-6-8-15)11-18-12-16-10-17(20-3)9-14(2)19-16/h4-10,13,18H,11-12H2,1-3H3. The molecule has 1 aromatic heterocycles. The zero-order chi connectivity index (χ0) is 14.4. The molecule has 3 nitrogen and oxygen atoms in total. The van der Waals surface area contributed by atoms with Crippen molar-refractivity contribution in [1.82, 2.24) is 10.3 Å². The molecule has 0 saturated heterocycles. The summed E-state index contributed by atoms with van der Waals surface area (Å²) in [5.41, 5.74) is 3.36. The summed E-state index contributed by atoms with van der Waals surface area (Å²) >= 11 is 0. The Morgan fingerprint density at radius 2 is 1.95 bits per heavy atom. The Hall–Kier alpha value is -1.87. The molecule has 2 rings (SSSR count). The Morgan fingerprint density at radius 3 is 2.65 bits per heavy atom. The first-order valence-corrected chi connectivity index (χ1v) is 6.96. The van der Waals surface area contributed by atoms with Crippen molar-refractivity contribution < 1.29 is 4.74 Å². The Kier molecular flexibility index (Phi) is 5.13. The van der Waals surface area contributed by atoms with E-state index in [9.17, 15) is 0 Å². The highest BCUT2D eigenvalue weighted by Gasteiger charge is 2.05. The van der Waals surface area contributed by atoms with E-state index in [4.69, 9.17) is 4.74 Å². The van der Waals surface area contributed by atoms with Crippen LogP contribution in [-0.4, -0.2) is 18.6 Å². The number of ether oxygens (including phenoxy) is 1. The fourth-order valence-electron chi connectivity index (χ4n) is 2.23. The Morgan fingerprint density at radius 1 is 1.20 bits per heavy atom. The van der Waals surface area contributed by atoms with Crippen LogP contribution < -0.4 is 10.1 Å². The van der Waals surface area contributed by atoms with Gasteiger partial charge in [0.1, 0.15) is 5.75 Å². The minimum atomic E-state index is 0.489. The molecule has 0 fully saturated rings. The van der Waals surface area contributed by atoms with Crippen molar-refractivity contribution in [3.63, 3.8) is 0 Å². The first kappa shape index (κ1) is 14.5. The molecule has 1 heterocycles. The largest absolute Gasteiger partial charge is 0.497 e. The number of nitrogens with one attached hydrogen (secondary N) is 1. The van der Waals surface area contributed by atoms with Crippen LogP contribution in [0.5, 0.6) is 5.75 Å². The molecule has 0 bridgehead atoms. The van der Waals surface area contributed by atoms with Crippen LogP contribution in [0, 0.1) is 6.92 Å². The van der Waals surface area contributed by atoms with Gasteiger partial charge in [0.25, 0.3) is 0 Å². The average Bonchev–Trinajstić information content (AvgIpc) is 2.47. The summed E-state index contributed by atoms with van der Waals surface area (Å²) in [5.74, 6) is 1.35. The summed E-state index contributed by atoms with van der Waals surface area (Å²) in [4.78, 5) is 4.51. The normalized spacial score (nSPS) is 12.2. The van der Waals surface area contributed by atoms with Crippen LogP contribution in [0.3, 0.4) is 0 Å². The van der Waals surface area contributed by atoms with E-state index in [1.165, 1.54) is 5.56 Å². The lowest BCUT2D eigenvalue weighted by molar-refractivity contribution is 0.412. The van der Waals surface area contributed by atoms with Gasteiger partial charge in [0, 0.05) is 30.9 Å². The van der Waals surface area contributed by atoms with Crippen LogP contribution in [0.25, 0.3) is 0 Å². The third kappa shape index (κ3) is 4.07. The van der Waals surface area contributed by atoms with E-state index in [1.807, 2.05) is 25.1 Å². The molecular formula is C17H22N2O. The lowest BCUT2D eigenvalue weighted by Gasteiger charge is -2.13. The molecule has 20 heavy (non-hydrogen) atoms. The number of aromatic nitrogens is 1. The zero-order valence-corrected chi connectivity index (χ0v) is 12.4. The molecule has 0 aliphatic carbocycles. The van der Waals surface area contributed by atoms with E-state index in [0.717, 1.165) is 30.2 Å². The predicted octanol–water partition coefficient (Wildman–Crippen LogP) is 3.29. The molecule has 3 heteroatoms. The molecule has 0 amide bonds. The Bertz CT molecular complexity index is 540. The number of methoxy groups -OCH3 is 1. The van der Waals surface area contributed by atoms with Crippen LogP contribution in [0.1, 0.15) is 29.8 Å². The number of rotatable bonds is 6. The van der Waals surface area contributed by atoms with Gasteiger partial charge in [-0.15, -0.1) is 0 Å². The van der Waals surface area contributed by atoms with Crippen molar-refractivity contribution in [2.45, 2.75) is 26.3 Å². The molecule has 0 aliphatic heterocycles. The smallest absolute Gasteiger partial charge is 0.122 e. The second kappa shape index (κ2) is 7.06. The SMILES string of the molecule is COc1cc(C)nc(CNCC(C)c2ccccc2)c1. The summed E-state index contributed by atoms with van der Waals surface area (Å²) in [6, 6.07) is 14.5. The lowest BCUT2D eigenvalue weighted by Crippen LogP contribution is -2.20. The Labute approximate surface area is 121 Å². The topological polar surface area (TPSA) is 34.1 Å². The summed E-state index contributed by atoms with van der Waals surface area (Å²) in [5, 5.41) is 3.46. The van der Waals surface area contributed by atoms with Crippen molar-refractivity contribution in [2.75, 3.05) is 13.7 Å². The molecule has 1 atom stereocenters. The third-order valence-electron chi connectivity index (χ3n) is 3.34. The van der Waals surface area contributed by atoms with E-state index in [0.29, 0.717) is 5.92 Å². The van der Waals surface area contributed by atoms with E-state index in [1.54, 1.807) is 7.11 Å². The van der Waals surface area contributed by atoms with Crippen molar-refractivity contribution in [3.8, 4) is 5.75 Å². The number of hydrogen-bond acceptors (Lipinski definition) is 3. The van der Waals surface area contributed by atoms with Crippen LogP contribution in [0.4, 0.5) is 0 Å². The van der Waals surface area contributed by atoms with Crippen LogP contribution in [-0.2, 0) is 6.54 Å². The third-order valence-corrected chi connectivity index (χ3v) is 3.34. The van der Waals surface area contributed by atoms with Gasteiger partial charge in [0.2, 0.25) is 0 Å². The highest BCUT2D eigenvalue weighted by molar-refractivity contribution is 5.26. The molecule has 0 radical (unpaired) electrons. The van der Waals surface area contributed by atoms with E-state index < -0.39 is 0 Å². The summed E-state index contributed by atoms with van der Waals surface area (Å²) in [7, 11) is 1.68. The summed E-state index contributed by atoms with van der Waals surface area (Å²) in [6.45, 7) is 5.91. The molecule has 1 N–H and O–H groups in total. The molecule has 106 valence electrons. The van der Waals surface area contributed by atoms with Crippen LogP contribution in [0.2, 0.25) is 0 Å². The maximum atomic E-state index is 5.26. The minimum absolute atomic E-state index is 0.489. The van der Waals surface area contributed by atoms with Gasteiger partial charge in [0.05, 0.1) is 12.8 Å². The molecular weight excluding hydrogens is 248 g/mol. The van der Waals surface area contributed by atoms with Crippen molar-refractivity contribution in [2.24, 2.45) is 0 Å². The average molecular weight is 270 g/mol. The maximum absolute atomic E-state index is 5.26. The van der Waals surface area contributed by atoms with Gasteiger partial charge >= 0.3 is 0 Å². The van der Waals surface area contributed by atoms with Crippen molar-refractivity contribution in [1.29, 1.82) is 0 Å². The summed E-state index contributed by atoms with van der Waals surface area (Å²) in [6.07, 6.45) is 0. The minimum Gasteiger partial charge on any atom is -0.497 e. The van der Waals surface area contributed by atoms with Crippen LogP contribution >= 0.6 is 0 Å². The van der Waals surface area contributed by atoms with E-state index in [-0.39, 0.29) is 0 Å². The highest BCUT2D eigenvalue weighted by atomic mass is 16.5. The van der Waals surface area contributed by atoms with Gasteiger partial charge in [-0.1, -0.05) is 37.3 Å². The van der Waals surface area contributed by atoms with Gasteiger partial charge in [-0.3, -0.25) is 4.98 Å². The highest BCUT2D eigenvalue weighted by Crippen LogP contribution is 2.15. The zero-order valence-electron chi connectivity index (χ0n) is 12.4. The molecule has 0 saturated carbocycles. The second-order valence-electron chi connectivity index (χ2n) is 5.08. The van der Waals surface area contributed by atoms with E-state index >= 15 is 0 Å². The number of nitrogens with zero attached hydrogens (tertiary/aromatic N) is 1. The lowest BCUT2D eigenvalue weighted by atomic mass is 10.0. The molecule has 1 aromatic carbocycles. The quantitative estimate of drug-likeness (QED) is 0.874. The molecule has 0 spiro atoms. The fourth-order valence-corrected chi connectivity index (χ4v) is 2.23. The predicted molar refractivity (Wildman–Crippen MR) is 82.1 cm³/mol. The van der Waals surface area contributed by atoms with Crippen molar-refractivity contribution >= 4 is 0 Å². The first-order valence-electron chi connectivity index (χ1n) is 6.96. The molecule has 0 aliphatic rings. The maximum Gasteiger partial charge on any atom is 0.122 e. The number of aryl methyl sites for hydroxylation is 1. The fraction of sp³-hybridized carbons (Fsp3) is 0.353. The van der Waals surface area contributed by atoms with Gasteiger partial charge in [-0.05, 0) is 18.4 Å². The number of hydrogen-bond donors (Lipinski definition) is 1. The Balaban J connectivity index is 1.88. The van der Waals surface area contributed by atoms with Crippen molar-refractivity contribution in [3.05, 3.63) is 59.4 Å². The first-order chi connectivity index (χ1) is 9.69. The number of benzene rings is 1. The van der Waals surface area contributed by atoms with Gasteiger partial charge in [-0.25, -0.2) is 0 Å². The van der Waals surface area contributed by atoms with Crippen LogP contribution in [0.15, 0.2) is 42.5 Å². The second-order valence-corrected chi connectivity index (χ2v) is 5.08. The number of pyridine rings is 1. The van der Waals surface area contributed by atoms with E-state index in [2.05, 4.69) is 41.5 Å². The van der Waals surface area contributed by atoms with Gasteiger partial charge in [-0.2, -0.15) is 0 Å².